The van der Waals surface area contributed by atoms with E-state index in [2.05, 4.69) is 15.3 Å². The Balaban J connectivity index is 1.28. The first kappa shape index (κ1) is 28.3. The molecule has 0 unspecified atom stereocenters. The molecule has 11 heteroatoms. The Labute approximate surface area is 234 Å². The normalized spacial score (nSPS) is 17.4. The highest BCUT2D eigenvalue weighted by molar-refractivity contribution is 6.09. The van der Waals surface area contributed by atoms with E-state index >= 15 is 0 Å². The van der Waals surface area contributed by atoms with Crippen LogP contribution in [0.25, 0.3) is 11.0 Å². The Kier molecular flexibility index (Phi) is 8.34. The van der Waals surface area contributed by atoms with Gasteiger partial charge in [0.05, 0.1) is 36.0 Å². The van der Waals surface area contributed by atoms with Gasteiger partial charge < -0.3 is 19.8 Å². The molecule has 1 aliphatic carbocycles. The van der Waals surface area contributed by atoms with Crippen LogP contribution in [0.15, 0.2) is 60.7 Å². The Hall–Kier alpha value is -4.25. The van der Waals surface area contributed by atoms with Gasteiger partial charge in [0, 0.05) is 12.5 Å². The quantitative estimate of drug-likeness (QED) is 0.236. The zero-order chi connectivity index (χ0) is 29.0. The lowest BCUT2D eigenvalue weighted by Crippen LogP contribution is -2.18. The number of esters is 1. The number of imidazole rings is 1. The number of alkyl halides is 3. The van der Waals surface area contributed by atoms with Gasteiger partial charge in [-0.05, 0) is 61.4 Å². The molecule has 0 bridgehead atoms. The van der Waals surface area contributed by atoms with E-state index in [4.69, 9.17) is 14.5 Å². The van der Waals surface area contributed by atoms with Crippen molar-refractivity contribution in [3.05, 3.63) is 89.0 Å². The van der Waals surface area contributed by atoms with Crippen LogP contribution in [0.5, 0.6) is 0 Å². The van der Waals surface area contributed by atoms with E-state index in [0.29, 0.717) is 30.2 Å². The number of benzene rings is 2. The van der Waals surface area contributed by atoms with Gasteiger partial charge in [0.15, 0.2) is 0 Å². The molecule has 2 aromatic heterocycles. The number of hydrogen-bond donors (Lipinski definition) is 2. The number of carbonyl (C=O) groups excluding carboxylic acids is 2. The van der Waals surface area contributed by atoms with Gasteiger partial charge in [-0.15, -0.1) is 0 Å². The average Bonchev–Trinajstić information content (AvgIpc) is 3.40. The molecule has 0 saturated heterocycles. The molecule has 214 valence electrons. The molecule has 5 rings (SSSR count). The summed E-state index contributed by atoms with van der Waals surface area (Å²) in [6.45, 7) is 1.30. The average molecular weight is 567 g/mol. The number of H-pyrrole nitrogens is 1. The summed E-state index contributed by atoms with van der Waals surface area (Å²) < 4.78 is 50.0. The van der Waals surface area contributed by atoms with E-state index < -0.39 is 29.4 Å². The van der Waals surface area contributed by atoms with E-state index in [9.17, 15) is 22.8 Å². The van der Waals surface area contributed by atoms with Crippen molar-refractivity contribution in [2.45, 2.75) is 44.4 Å². The second-order valence-electron chi connectivity index (χ2n) is 10.1. The number of carbonyl (C=O) groups is 2. The Morgan fingerprint density at radius 3 is 2.46 bits per heavy atom. The third-order valence-electron chi connectivity index (χ3n) is 7.26. The molecule has 1 aliphatic rings. The van der Waals surface area contributed by atoms with Crippen molar-refractivity contribution >= 4 is 28.6 Å². The van der Waals surface area contributed by atoms with Crippen LogP contribution in [0.4, 0.5) is 18.9 Å². The first-order chi connectivity index (χ1) is 19.7. The third-order valence-corrected chi connectivity index (χ3v) is 7.26. The van der Waals surface area contributed by atoms with Crippen LogP contribution in [0, 0.1) is 5.92 Å². The summed E-state index contributed by atoms with van der Waals surface area (Å²) in [4.78, 5) is 36.8. The van der Waals surface area contributed by atoms with Crippen LogP contribution in [0.3, 0.4) is 0 Å². The van der Waals surface area contributed by atoms with Crippen LogP contribution >= 0.6 is 0 Å². The number of hydrogen-bond acceptors (Lipinski definition) is 6. The second kappa shape index (κ2) is 12.1. The summed E-state index contributed by atoms with van der Waals surface area (Å²) in [7, 11) is 1.20. The number of ether oxygens (including phenoxy) is 2. The van der Waals surface area contributed by atoms with E-state index in [1.807, 2.05) is 30.3 Å². The predicted octanol–water partition coefficient (Wildman–Crippen LogP) is 6.51. The molecule has 1 saturated carbocycles. The highest BCUT2D eigenvalue weighted by Gasteiger charge is 2.33. The first-order valence-electron chi connectivity index (χ1n) is 13.3. The molecule has 8 nitrogen and oxygen atoms in total. The van der Waals surface area contributed by atoms with E-state index in [0.717, 1.165) is 55.3 Å². The molecule has 2 aromatic carbocycles. The lowest BCUT2D eigenvalue weighted by molar-refractivity contribution is -0.141. The number of pyridine rings is 1. The fourth-order valence-electron chi connectivity index (χ4n) is 5.08. The first-order valence-corrected chi connectivity index (χ1v) is 13.3. The zero-order valence-corrected chi connectivity index (χ0v) is 22.3. The van der Waals surface area contributed by atoms with Crippen molar-refractivity contribution in [1.82, 2.24) is 15.0 Å². The monoisotopic (exact) mass is 566 g/mol. The number of rotatable bonds is 8. The molecule has 4 aromatic rings. The fourth-order valence-corrected chi connectivity index (χ4v) is 5.08. The van der Waals surface area contributed by atoms with Crippen molar-refractivity contribution < 1.29 is 32.2 Å². The number of aromatic nitrogens is 3. The number of nitrogens with zero attached hydrogens (tertiary/aromatic N) is 2. The topological polar surface area (TPSA) is 106 Å². The van der Waals surface area contributed by atoms with Gasteiger partial charge in [-0.3, -0.25) is 4.79 Å². The summed E-state index contributed by atoms with van der Waals surface area (Å²) in [5.74, 6) is -0.173. The maximum atomic E-state index is 13.1. The van der Waals surface area contributed by atoms with Crippen molar-refractivity contribution in [3.63, 3.8) is 0 Å². The van der Waals surface area contributed by atoms with Crippen LogP contribution in [0.1, 0.15) is 69.5 Å². The highest BCUT2D eigenvalue weighted by atomic mass is 19.4. The Morgan fingerprint density at radius 1 is 1.00 bits per heavy atom. The van der Waals surface area contributed by atoms with Gasteiger partial charge in [0.1, 0.15) is 17.2 Å². The maximum Gasteiger partial charge on any atom is 0.433 e. The van der Waals surface area contributed by atoms with Gasteiger partial charge in [-0.2, -0.15) is 13.2 Å². The molecule has 0 atom stereocenters. The minimum Gasteiger partial charge on any atom is -0.465 e. The van der Waals surface area contributed by atoms with Gasteiger partial charge in [0.25, 0.3) is 5.91 Å². The number of halogens is 3. The zero-order valence-electron chi connectivity index (χ0n) is 22.3. The van der Waals surface area contributed by atoms with Crippen molar-refractivity contribution in [2.24, 2.45) is 5.92 Å². The minimum absolute atomic E-state index is 0.0256. The van der Waals surface area contributed by atoms with Crippen LogP contribution in [-0.4, -0.2) is 40.5 Å². The van der Waals surface area contributed by atoms with Crippen molar-refractivity contribution in [2.75, 3.05) is 19.0 Å². The standard InChI is InChI=1S/C30H29F3N4O4/c1-40-29(39)21-14-24-25(15-23(21)37-28(38)22-8-5-9-26(34-22)30(31,32)33)36-27(35-24)20-12-10-19(11-13-20)17-41-16-18-6-3-2-4-7-18/h2-9,14-15,19-20H,10-13,16-17H2,1H3,(H,35,36)(H,37,38)/t19-,20-. The van der Waals surface area contributed by atoms with Crippen molar-refractivity contribution in [3.8, 4) is 0 Å². The number of fused-ring (bicyclic) bond motifs is 1. The van der Waals surface area contributed by atoms with Gasteiger partial charge in [-0.1, -0.05) is 36.4 Å². The Bertz CT molecular complexity index is 1530. The van der Waals surface area contributed by atoms with E-state index in [1.54, 1.807) is 0 Å². The largest absolute Gasteiger partial charge is 0.465 e. The maximum absolute atomic E-state index is 13.1. The predicted molar refractivity (Wildman–Crippen MR) is 145 cm³/mol. The number of aromatic amines is 1. The summed E-state index contributed by atoms with van der Waals surface area (Å²) in [5.41, 5.74) is 0.712. The van der Waals surface area contributed by atoms with Gasteiger partial charge in [0.2, 0.25) is 0 Å². The van der Waals surface area contributed by atoms with Gasteiger partial charge >= 0.3 is 12.1 Å². The molecule has 1 amide bonds. The number of amides is 1. The summed E-state index contributed by atoms with van der Waals surface area (Å²) in [6, 6.07) is 16.1. The molecule has 0 radical (unpaired) electrons. The van der Waals surface area contributed by atoms with Crippen molar-refractivity contribution in [1.29, 1.82) is 0 Å². The molecule has 0 aliphatic heterocycles. The van der Waals surface area contributed by atoms with Crippen LogP contribution in [0.2, 0.25) is 0 Å². The molecule has 2 N–H and O–H groups in total. The van der Waals surface area contributed by atoms with E-state index in [-0.39, 0.29) is 17.2 Å². The van der Waals surface area contributed by atoms with E-state index in [1.165, 1.54) is 19.2 Å². The summed E-state index contributed by atoms with van der Waals surface area (Å²) in [5, 5.41) is 2.51. The lowest BCUT2D eigenvalue weighted by atomic mass is 9.82. The molecular formula is C30H29F3N4O4. The third kappa shape index (κ3) is 6.74. The lowest BCUT2D eigenvalue weighted by Gasteiger charge is -2.27. The molecular weight excluding hydrogens is 537 g/mol. The number of nitrogens with one attached hydrogen (secondary N) is 2. The summed E-state index contributed by atoms with van der Waals surface area (Å²) >= 11 is 0. The Morgan fingerprint density at radius 2 is 1.76 bits per heavy atom. The smallest absolute Gasteiger partial charge is 0.433 e. The van der Waals surface area contributed by atoms with Crippen LogP contribution < -0.4 is 5.32 Å². The number of anilines is 1. The summed E-state index contributed by atoms with van der Waals surface area (Å²) in [6.07, 6.45) is -0.862. The number of methoxy groups -OCH3 is 1. The molecule has 1 fully saturated rings. The molecule has 0 spiro atoms. The minimum atomic E-state index is -4.70. The fraction of sp³-hybridized carbons (Fsp3) is 0.333. The SMILES string of the molecule is COC(=O)c1cc2nc([C@H]3CC[C@H](COCc4ccccc4)CC3)[nH]c2cc1NC(=O)c1cccc(C(F)(F)F)n1. The highest BCUT2D eigenvalue weighted by Crippen LogP contribution is 2.36. The second-order valence-corrected chi connectivity index (χ2v) is 10.1. The molecule has 2 heterocycles. The molecule has 41 heavy (non-hydrogen) atoms. The van der Waals surface area contributed by atoms with Gasteiger partial charge in [-0.25, -0.2) is 14.8 Å². The van der Waals surface area contributed by atoms with Crippen LogP contribution in [-0.2, 0) is 22.3 Å².